The Hall–Kier alpha value is -1.36. The first kappa shape index (κ1) is 20.0. The van der Waals surface area contributed by atoms with Crippen LogP contribution in [0, 0.1) is 0 Å². The number of nitrogens with zero attached hydrogens (tertiary/aromatic N) is 1. The molecule has 25 heavy (non-hydrogen) atoms. The number of alkyl halides is 6. The van der Waals surface area contributed by atoms with Gasteiger partial charge in [0.25, 0.3) is 0 Å². The van der Waals surface area contributed by atoms with Gasteiger partial charge < -0.3 is 14.9 Å². The molecule has 3 atom stereocenters. The lowest BCUT2D eigenvalue weighted by atomic mass is 10.00. The zero-order chi connectivity index (χ0) is 19.0. The van der Waals surface area contributed by atoms with Gasteiger partial charge in [0.2, 0.25) is 0 Å². The molecule has 1 aliphatic heterocycles. The van der Waals surface area contributed by atoms with E-state index in [0.29, 0.717) is 12.1 Å². The lowest BCUT2D eigenvalue weighted by molar-refractivity contribution is -0.178. The number of aliphatic hydroxyl groups excluding tert-OH is 2. The highest BCUT2D eigenvalue weighted by atomic mass is 19.4. The SMILES string of the molecule is C[C@H]1[C@H](O)OCCN1C[C@@H](O)c1cc(C(F)(F)F)cc(C(F)(F)F)c1. The van der Waals surface area contributed by atoms with Crippen LogP contribution in [0.5, 0.6) is 0 Å². The Morgan fingerprint density at radius 3 is 2.12 bits per heavy atom. The summed E-state index contributed by atoms with van der Waals surface area (Å²) in [5.41, 5.74) is -3.45. The largest absolute Gasteiger partial charge is 0.416 e. The Kier molecular flexibility index (Phi) is 5.67. The summed E-state index contributed by atoms with van der Waals surface area (Å²) in [6.07, 6.45) is -12.7. The molecular weight excluding hydrogens is 356 g/mol. The lowest BCUT2D eigenvalue weighted by Gasteiger charge is -2.37. The van der Waals surface area contributed by atoms with Gasteiger partial charge in [-0.2, -0.15) is 26.3 Å². The van der Waals surface area contributed by atoms with Gasteiger partial charge in [0.05, 0.1) is 29.9 Å². The number of benzene rings is 1. The maximum Gasteiger partial charge on any atom is 0.416 e. The summed E-state index contributed by atoms with van der Waals surface area (Å²) >= 11 is 0. The second-order valence-corrected chi connectivity index (χ2v) is 5.85. The molecule has 0 spiro atoms. The Morgan fingerprint density at radius 2 is 1.64 bits per heavy atom. The monoisotopic (exact) mass is 373 g/mol. The van der Waals surface area contributed by atoms with Gasteiger partial charge in [-0.05, 0) is 30.7 Å². The molecule has 2 N–H and O–H groups in total. The van der Waals surface area contributed by atoms with Crippen LogP contribution in [0.25, 0.3) is 0 Å². The van der Waals surface area contributed by atoms with Crippen LogP contribution in [0.4, 0.5) is 26.3 Å². The fraction of sp³-hybridized carbons (Fsp3) is 0.600. The van der Waals surface area contributed by atoms with Crippen molar-refractivity contribution >= 4 is 0 Å². The van der Waals surface area contributed by atoms with Gasteiger partial charge in [-0.25, -0.2) is 0 Å². The topological polar surface area (TPSA) is 52.9 Å². The molecule has 0 bridgehead atoms. The van der Waals surface area contributed by atoms with Crippen molar-refractivity contribution in [2.45, 2.75) is 37.7 Å². The molecule has 0 amide bonds. The molecule has 1 aromatic rings. The summed E-state index contributed by atoms with van der Waals surface area (Å²) in [5.74, 6) is 0. The van der Waals surface area contributed by atoms with Crippen molar-refractivity contribution in [1.29, 1.82) is 0 Å². The van der Waals surface area contributed by atoms with E-state index < -0.39 is 47.5 Å². The molecule has 10 heteroatoms. The van der Waals surface area contributed by atoms with Crippen molar-refractivity contribution in [1.82, 2.24) is 4.90 Å². The zero-order valence-corrected chi connectivity index (χ0v) is 13.1. The van der Waals surface area contributed by atoms with Crippen LogP contribution in [0.1, 0.15) is 29.7 Å². The zero-order valence-electron chi connectivity index (χ0n) is 13.1. The summed E-state index contributed by atoms with van der Waals surface area (Å²) < 4.78 is 82.1. The maximum atomic E-state index is 12.9. The number of β-amino-alcohol motifs (C(OH)–C–C–N with tert-alkyl or cyclic N) is 1. The molecule has 2 rings (SSSR count). The van der Waals surface area contributed by atoms with E-state index >= 15 is 0 Å². The second-order valence-electron chi connectivity index (χ2n) is 5.85. The number of aliphatic hydroxyl groups is 2. The minimum Gasteiger partial charge on any atom is -0.387 e. The quantitative estimate of drug-likeness (QED) is 0.801. The summed E-state index contributed by atoms with van der Waals surface area (Å²) in [5, 5.41) is 19.7. The average Bonchev–Trinajstić information content (AvgIpc) is 2.49. The first-order valence-electron chi connectivity index (χ1n) is 7.40. The number of halogens is 6. The van der Waals surface area contributed by atoms with E-state index in [4.69, 9.17) is 4.74 Å². The highest BCUT2D eigenvalue weighted by Crippen LogP contribution is 2.37. The van der Waals surface area contributed by atoms with Crippen LogP contribution in [0.3, 0.4) is 0 Å². The maximum absolute atomic E-state index is 12.9. The number of hydrogen-bond acceptors (Lipinski definition) is 4. The molecule has 1 aromatic carbocycles. The molecule has 1 fully saturated rings. The Morgan fingerprint density at radius 1 is 1.12 bits per heavy atom. The highest BCUT2D eigenvalue weighted by molar-refractivity contribution is 5.35. The molecule has 1 aliphatic rings. The minimum absolute atomic E-state index is 0.0112. The van der Waals surface area contributed by atoms with E-state index in [-0.39, 0.29) is 25.8 Å². The van der Waals surface area contributed by atoms with Crippen molar-refractivity contribution in [3.05, 3.63) is 34.9 Å². The molecule has 0 unspecified atom stereocenters. The molecule has 0 aliphatic carbocycles. The van der Waals surface area contributed by atoms with Crippen molar-refractivity contribution in [3.63, 3.8) is 0 Å². The van der Waals surface area contributed by atoms with Crippen LogP contribution in [0.15, 0.2) is 18.2 Å². The van der Waals surface area contributed by atoms with E-state index in [9.17, 15) is 36.6 Å². The summed E-state index contributed by atoms with van der Waals surface area (Å²) in [7, 11) is 0. The number of morpholine rings is 1. The van der Waals surface area contributed by atoms with Crippen molar-refractivity contribution < 1.29 is 41.3 Å². The minimum atomic E-state index is -4.97. The van der Waals surface area contributed by atoms with Crippen LogP contribution in [0.2, 0.25) is 0 Å². The van der Waals surface area contributed by atoms with Crippen molar-refractivity contribution in [3.8, 4) is 0 Å². The van der Waals surface area contributed by atoms with Crippen molar-refractivity contribution in [2.75, 3.05) is 19.7 Å². The Labute approximate surface area is 139 Å². The van der Waals surface area contributed by atoms with E-state index in [1.807, 2.05) is 0 Å². The summed E-state index contributed by atoms with van der Waals surface area (Å²) in [6, 6.07) is 0.455. The molecule has 142 valence electrons. The summed E-state index contributed by atoms with van der Waals surface area (Å²) in [6.45, 7) is 1.75. The highest BCUT2D eigenvalue weighted by Gasteiger charge is 2.38. The van der Waals surface area contributed by atoms with Crippen molar-refractivity contribution in [2.24, 2.45) is 0 Å². The second kappa shape index (κ2) is 7.10. The first-order valence-corrected chi connectivity index (χ1v) is 7.40. The standard InChI is InChI=1S/C15H17F6NO3/c1-8-13(24)25-3-2-22(8)7-12(23)9-4-10(14(16,17)18)6-11(5-9)15(19,20)21/h4-6,8,12-13,23-24H,2-3,7H2,1H3/t8-,12+,13+/m0/s1. The third-order valence-corrected chi connectivity index (χ3v) is 4.06. The fourth-order valence-corrected chi connectivity index (χ4v) is 2.57. The van der Waals surface area contributed by atoms with E-state index in [1.165, 1.54) is 4.90 Å². The molecule has 4 nitrogen and oxygen atoms in total. The Bertz CT molecular complexity index is 572. The summed E-state index contributed by atoms with van der Waals surface area (Å²) in [4.78, 5) is 1.53. The molecule has 0 radical (unpaired) electrons. The average molecular weight is 373 g/mol. The van der Waals surface area contributed by atoms with Crippen LogP contribution in [-0.4, -0.2) is 47.1 Å². The predicted octanol–water partition coefficient (Wildman–Crippen LogP) is 2.80. The van der Waals surface area contributed by atoms with E-state index in [1.54, 1.807) is 6.92 Å². The van der Waals surface area contributed by atoms with Gasteiger partial charge in [-0.15, -0.1) is 0 Å². The third-order valence-electron chi connectivity index (χ3n) is 4.06. The number of ether oxygens (including phenoxy) is 1. The van der Waals surface area contributed by atoms with Gasteiger partial charge in [0, 0.05) is 13.1 Å². The molecule has 0 aromatic heterocycles. The molecule has 1 saturated heterocycles. The molecular formula is C15H17F6NO3. The van der Waals surface area contributed by atoms with Crippen LogP contribution >= 0.6 is 0 Å². The Balaban J connectivity index is 2.30. The normalized spacial score (nSPS) is 24.4. The number of rotatable bonds is 3. The van der Waals surface area contributed by atoms with Gasteiger partial charge in [0.1, 0.15) is 0 Å². The van der Waals surface area contributed by atoms with Gasteiger partial charge in [-0.1, -0.05) is 0 Å². The molecule has 1 heterocycles. The first-order chi connectivity index (χ1) is 11.4. The van der Waals surface area contributed by atoms with E-state index in [2.05, 4.69) is 0 Å². The van der Waals surface area contributed by atoms with Crippen LogP contribution < -0.4 is 0 Å². The third kappa shape index (κ3) is 4.84. The fourth-order valence-electron chi connectivity index (χ4n) is 2.57. The smallest absolute Gasteiger partial charge is 0.387 e. The lowest BCUT2D eigenvalue weighted by Crippen LogP contribution is -2.50. The van der Waals surface area contributed by atoms with Gasteiger partial charge >= 0.3 is 12.4 Å². The van der Waals surface area contributed by atoms with E-state index in [0.717, 1.165) is 0 Å². The van der Waals surface area contributed by atoms with Crippen LogP contribution in [-0.2, 0) is 17.1 Å². The predicted molar refractivity (Wildman–Crippen MR) is 74.4 cm³/mol. The number of hydrogen-bond donors (Lipinski definition) is 2. The van der Waals surface area contributed by atoms with Gasteiger partial charge in [-0.3, -0.25) is 4.90 Å². The van der Waals surface area contributed by atoms with Gasteiger partial charge in [0.15, 0.2) is 6.29 Å². The molecule has 0 saturated carbocycles.